The summed E-state index contributed by atoms with van der Waals surface area (Å²) < 4.78 is 8.52. The van der Waals surface area contributed by atoms with Crippen molar-refractivity contribution in [1.29, 1.82) is 0 Å². The predicted molar refractivity (Wildman–Crippen MR) is 134 cm³/mol. The van der Waals surface area contributed by atoms with Gasteiger partial charge in [-0.15, -0.1) is 11.3 Å². The lowest BCUT2D eigenvalue weighted by atomic mass is 10.2. The predicted octanol–water partition coefficient (Wildman–Crippen LogP) is 4.10. The number of amides is 1. The third-order valence-corrected chi connectivity index (χ3v) is 7.45. The standard InChI is InChI=1S/C24H21N5O3S2/c1-15-22(34-24-26-19(14-28(15)24)16-5-7-17(32-2)8-6-16)23(31)25-11-12-29-21(30)10-9-18(27-29)20-4-3-13-33-20/h3-10,13-14H,11-12H2,1-2H3,(H,25,31). The highest BCUT2D eigenvalue weighted by atomic mass is 32.1. The number of thiazole rings is 1. The first-order chi connectivity index (χ1) is 16.5. The normalized spacial score (nSPS) is 11.1. The second kappa shape index (κ2) is 9.24. The van der Waals surface area contributed by atoms with Gasteiger partial charge in [-0.2, -0.15) is 5.10 Å². The van der Waals surface area contributed by atoms with Crippen LogP contribution in [0.5, 0.6) is 5.75 Å². The molecule has 0 bridgehead atoms. The number of hydrogen-bond acceptors (Lipinski definition) is 7. The van der Waals surface area contributed by atoms with E-state index in [2.05, 4.69) is 15.4 Å². The van der Waals surface area contributed by atoms with Crippen LogP contribution in [0.3, 0.4) is 0 Å². The van der Waals surface area contributed by atoms with E-state index in [4.69, 9.17) is 4.74 Å². The van der Waals surface area contributed by atoms with Gasteiger partial charge in [0, 0.05) is 30.1 Å². The first-order valence-electron chi connectivity index (χ1n) is 10.6. The second-order valence-electron chi connectivity index (χ2n) is 7.54. The lowest BCUT2D eigenvalue weighted by molar-refractivity contribution is 0.0955. The molecule has 1 amide bonds. The zero-order valence-electron chi connectivity index (χ0n) is 18.5. The monoisotopic (exact) mass is 491 g/mol. The van der Waals surface area contributed by atoms with E-state index in [1.54, 1.807) is 24.5 Å². The molecule has 0 aliphatic rings. The number of carbonyl (C=O) groups excluding carboxylic acids is 1. The van der Waals surface area contributed by atoms with Crippen LogP contribution < -0.4 is 15.6 Å². The summed E-state index contributed by atoms with van der Waals surface area (Å²) in [6.07, 6.45) is 1.93. The van der Waals surface area contributed by atoms with Crippen molar-refractivity contribution in [2.24, 2.45) is 0 Å². The van der Waals surface area contributed by atoms with E-state index in [-0.39, 0.29) is 24.6 Å². The number of thiophene rings is 1. The lowest BCUT2D eigenvalue weighted by Gasteiger charge is -2.07. The summed E-state index contributed by atoms with van der Waals surface area (Å²) in [7, 11) is 1.63. The Labute approximate surface area is 203 Å². The van der Waals surface area contributed by atoms with Gasteiger partial charge in [-0.1, -0.05) is 17.4 Å². The molecule has 1 N–H and O–H groups in total. The van der Waals surface area contributed by atoms with Crippen molar-refractivity contribution in [3.05, 3.63) is 81.0 Å². The number of aromatic nitrogens is 4. The average Bonchev–Trinajstić information content (AvgIpc) is 3.59. The molecule has 10 heteroatoms. The van der Waals surface area contributed by atoms with Crippen LogP contribution in [0.4, 0.5) is 0 Å². The third kappa shape index (κ3) is 4.25. The van der Waals surface area contributed by atoms with Gasteiger partial charge >= 0.3 is 0 Å². The van der Waals surface area contributed by atoms with E-state index >= 15 is 0 Å². The van der Waals surface area contributed by atoms with E-state index in [0.29, 0.717) is 4.88 Å². The van der Waals surface area contributed by atoms with Crippen molar-refractivity contribution in [3.63, 3.8) is 0 Å². The quantitative estimate of drug-likeness (QED) is 0.370. The van der Waals surface area contributed by atoms with E-state index in [1.807, 2.05) is 59.3 Å². The number of fused-ring (bicyclic) bond motifs is 1. The molecular formula is C24H21N5O3S2. The molecular weight excluding hydrogens is 470 g/mol. The Hall–Kier alpha value is -3.76. The third-order valence-electron chi connectivity index (χ3n) is 5.40. The fraction of sp³-hybridized carbons (Fsp3) is 0.167. The molecule has 0 aliphatic heterocycles. The van der Waals surface area contributed by atoms with Crippen molar-refractivity contribution in [3.8, 4) is 27.6 Å². The van der Waals surface area contributed by atoms with Crippen molar-refractivity contribution in [1.82, 2.24) is 24.5 Å². The topological polar surface area (TPSA) is 90.5 Å². The Kier molecular flexibility index (Phi) is 5.99. The van der Waals surface area contributed by atoms with E-state index < -0.39 is 0 Å². The SMILES string of the molecule is COc1ccc(-c2cn3c(C)c(C(=O)NCCn4nc(-c5cccs5)ccc4=O)sc3n2)cc1. The maximum atomic E-state index is 12.8. The molecule has 8 nitrogen and oxygen atoms in total. The number of nitrogens with one attached hydrogen (secondary N) is 1. The zero-order chi connectivity index (χ0) is 23.7. The van der Waals surface area contributed by atoms with Crippen molar-refractivity contribution >= 4 is 33.5 Å². The summed E-state index contributed by atoms with van der Waals surface area (Å²) in [5, 5.41) is 9.29. The van der Waals surface area contributed by atoms with Gasteiger partial charge in [0.15, 0.2) is 4.96 Å². The minimum Gasteiger partial charge on any atom is -0.497 e. The smallest absolute Gasteiger partial charge is 0.266 e. The van der Waals surface area contributed by atoms with Crippen LogP contribution in [-0.2, 0) is 6.54 Å². The molecule has 34 heavy (non-hydrogen) atoms. The minimum absolute atomic E-state index is 0.193. The van der Waals surface area contributed by atoms with Gasteiger partial charge in [-0.25, -0.2) is 9.67 Å². The molecule has 4 heterocycles. The lowest BCUT2D eigenvalue weighted by Crippen LogP contribution is -2.31. The summed E-state index contributed by atoms with van der Waals surface area (Å²) in [6, 6.07) is 14.8. The molecule has 172 valence electrons. The largest absolute Gasteiger partial charge is 0.497 e. The summed E-state index contributed by atoms with van der Waals surface area (Å²) in [6.45, 7) is 2.47. The van der Waals surface area contributed by atoms with Crippen LogP contribution in [-0.4, -0.2) is 38.7 Å². The first kappa shape index (κ1) is 22.1. The van der Waals surface area contributed by atoms with Crippen LogP contribution in [0, 0.1) is 6.92 Å². The first-order valence-corrected chi connectivity index (χ1v) is 12.3. The van der Waals surface area contributed by atoms with Crippen LogP contribution >= 0.6 is 22.7 Å². The number of ether oxygens (including phenoxy) is 1. The van der Waals surface area contributed by atoms with Crippen LogP contribution in [0.25, 0.3) is 26.8 Å². The van der Waals surface area contributed by atoms with Gasteiger partial charge < -0.3 is 10.1 Å². The summed E-state index contributed by atoms with van der Waals surface area (Å²) in [4.78, 5) is 32.0. The molecule has 1 aromatic carbocycles. The van der Waals surface area contributed by atoms with Crippen molar-refractivity contribution in [2.45, 2.75) is 13.5 Å². The fourth-order valence-corrected chi connectivity index (χ4v) is 5.30. The fourth-order valence-electron chi connectivity index (χ4n) is 3.58. The zero-order valence-corrected chi connectivity index (χ0v) is 20.2. The molecule has 0 saturated heterocycles. The Morgan fingerprint density at radius 3 is 2.65 bits per heavy atom. The molecule has 0 fully saturated rings. The van der Waals surface area contributed by atoms with Gasteiger partial charge in [0.1, 0.15) is 16.3 Å². The number of hydrogen-bond donors (Lipinski definition) is 1. The summed E-state index contributed by atoms with van der Waals surface area (Å²) in [5.74, 6) is 0.595. The Bertz CT molecular complexity index is 1510. The maximum absolute atomic E-state index is 12.8. The minimum atomic E-state index is -0.202. The number of methoxy groups -OCH3 is 1. The van der Waals surface area contributed by atoms with Crippen molar-refractivity contribution in [2.75, 3.05) is 13.7 Å². The van der Waals surface area contributed by atoms with Crippen LogP contribution in [0.15, 0.2) is 64.9 Å². The molecule has 5 rings (SSSR count). The van der Waals surface area contributed by atoms with Gasteiger partial charge in [0.25, 0.3) is 11.5 Å². The van der Waals surface area contributed by atoms with Crippen LogP contribution in [0.1, 0.15) is 15.4 Å². The molecule has 0 aliphatic carbocycles. The molecule has 0 atom stereocenters. The van der Waals surface area contributed by atoms with Gasteiger partial charge in [0.2, 0.25) is 0 Å². The molecule has 0 spiro atoms. The van der Waals surface area contributed by atoms with E-state index in [1.165, 1.54) is 22.1 Å². The Balaban J connectivity index is 1.28. The molecule has 4 aromatic heterocycles. The number of carbonyl (C=O) groups is 1. The highest BCUT2D eigenvalue weighted by Gasteiger charge is 2.18. The average molecular weight is 492 g/mol. The highest BCUT2D eigenvalue weighted by Crippen LogP contribution is 2.28. The second-order valence-corrected chi connectivity index (χ2v) is 9.46. The molecule has 0 radical (unpaired) electrons. The van der Waals surface area contributed by atoms with Crippen LogP contribution in [0.2, 0.25) is 0 Å². The number of nitrogens with zero attached hydrogens (tertiary/aromatic N) is 4. The number of aryl methyl sites for hydroxylation is 1. The summed E-state index contributed by atoms with van der Waals surface area (Å²) >= 11 is 2.90. The van der Waals surface area contributed by atoms with Gasteiger partial charge in [-0.3, -0.25) is 14.0 Å². The number of benzene rings is 1. The molecule has 0 unspecified atom stereocenters. The number of imidazole rings is 1. The Morgan fingerprint density at radius 1 is 1.12 bits per heavy atom. The van der Waals surface area contributed by atoms with Gasteiger partial charge in [-0.05, 0) is 48.7 Å². The highest BCUT2D eigenvalue weighted by molar-refractivity contribution is 7.19. The Morgan fingerprint density at radius 2 is 1.94 bits per heavy atom. The molecule has 5 aromatic rings. The van der Waals surface area contributed by atoms with Gasteiger partial charge in [0.05, 0.1) is 24.2 Å². The maximum Gasteiger partial charge on any atom is 0.266 e. The summed E-state index contributed by atoms with van der Waals surface area (Å²) in [5.41, 5.74) is 3.17. The number of rotatable bonds is 7. The molecule has 0 saturated carbocycles. The van der Waals surface area contributed by atoms with E-state index in [9.17, 15) is 9.59 Å². The van der Waals surface area contributed by atoms with E-state index in [0.717, 1.165) is 38.2 Å². The van der Waals surface area contributed by atoms with Crippen molar-refractivity contribution < 1.29 is 9.53 Å².